The summed E-state index contributed by atoms with van der Waals surface area (Å²) in [5.41, 5.74) is 2.09. The van der Waals surface area contributed by atoms with Crippen LogP contribution in [-0.2, 0) is 6.54 Å². The molecule has 0 radical (unpaired) electrons. The summed E-state index contributed by atoms with van der Waals surface area (Å²) in [7, 11) is 0. The lowest BCUT2D eigenvalue weighted by Gasteiger charge is -2.39. The molecule has 2 atom stereocenters. The van der Waals surface area contributed by atoms with Crippen molar-refractivity contribution in [3.63, 3.8) is 0 Å². The Morgan fingerprint density at radius 2 is 1.85 bits per heavy atom. The maximum atomic E-state index is 12.8. The van der Waals surface area contributed by atoms with Gasteiger partial charge in [-0.15, -0.1) is 0 Å². The summed E-state index contributed by atoms with van der Waals surface area (Å²) >= 11 is 12.5. The topological polar surface area (TPSA) is 38.1 Å². The van der Waals surface area contributed by atoms with E-state index in [1.54, 1.807) is 6.20 Å². The van der Waals surface area contributed by atoms with Crippen molar-refractivity contribution in [3.05, 3.63) is 56.4 Å². The van der Waals surface area contributed by atoms with Gasteiger partial charge in [0.2, 0.25) is 0 Å². The molecule has 27 heavy (non-hydrogen) atoms. The van der Waals surface area contributed by atoms with Crippen LogP contribution in [0.25, 0.3) is 0 Å². The molecule has 4 nitrogen and oxygen atoms in total. The monoisotopic (exact) mass is 405 g/mol. The first kappa shape index (κ1) is 18.8. The van der Waals surface area contributed by atoms with Crippen molar-refractivity contribution in [1.82, 2.24) is 9.78 Å². The summed E-state index contributed by atoms with van der Waals surface area (Å²) < 4.78 is 1.42. The molecule has 2 fully saturated rings. The van der Waals surface area contributed by atoms with E-state index in [-0.39, 0.29) is 16.0 Å². The van der Waals surface area contributed by atoms with Gasteiger partial charge in [-0.2, -0.15) is 5.10 Å². The van der Waals surface area contributed by atoms with Gasteiger partial charge in [-0.25, -0.2) is 4.68 Å². The Morgan fingerprint density at radius 1 is 1.15 bits per heavy atom. The number of nitrogens with zero attached hydrogens (tertiary/aromatic N) is 3. The second-order valence-electron chi connectivity index (χ2n) is 9.27. The third-order valence-corrected chi connectivity index (χ3v) is 6.54. The normalized spacial score (nSPS) is 26.4. The maximum absolute atomic E-state index is 12.8. The van der Waals surface area contributed by atoms with E-state index in [0.29, 0.717) is 23.0 Å². The van der Waals surface area contributed by atoms with Gasteiger partial charge in [0.25, 0.3) is 5.56 Å². The van der Waals surface area contributed by atoms with Gasteiger partial charge in [-0.3, -0.25) is 4.79 Å². The first-order valence-corrected chi connectivity index (χ1v) is 10.2. The maximum Gasteiger partial charge on any atom is 0.287 e. The molecule has 2 unspecified atom stereocenters. The summed E-state index contributed by atoms with van der Waals surface area (Å²) in [6.45, 7) is 8.34. The fourth-order valence-corrected chi connectivity index (χ4v) is 5.65. The smallest absolute Gasteiger partial charge is 0.287 e. The average Bonchev–Trinajstić information content (AvgIpc) is 2.83. The van der Waals surface area contributed by atoms with E-state index in [9.17, 15) is 4.79 Å². The number of anilines is 1. The molecule has 2 bridgehead atoms. The van der Waals surface area contributed by atoms with E-state index in [2.05, 4.69) is 30.8 Å². The molecule has 4 rings (SSSR count). The van der Waals surface area contributed by atoms with Crippen molar-refractivity contribution < 1.29 is 0 Å². The molecule has 1 saturated heterocycles. The number of benzene rings is 1. The third-order valence-electron chi connectivity index (χ3n) is 5.94. The van der Waals surface area contributed by atoms with Gasteiger partial charge in [0.1, 0.15) is 5.02 Å². The lowest BCUT2D eigenvalue weighted by molar-refractivity contribution is 0.136. The van der Waals surface area contributed by atoms with Crippen molar-refractivity contribution >= 4 is 28.9 Å². The highest BCUT2D eigenvalue weighted by atomic mass is 35.5. The minimum atomic E-state index is -0.241. The van der Waals surface area contributed by atoms with Crippen LogP contribution >= 0.6 is 23.2 Å². The molecule has 2 aromatic rings. The average molecular weight is 406 g/mol. The van der Waals surface area contributed by atoms with Crippen molar-refractivity contribution in [1.29, 1.82) is 0 Å². The molecule has 2 heterocycles. The van der Waals surface area contributed by atoms with Crippen LogP contribution < -0.4 is 10.5 Å². The number of halogens is 2. The zero-order valence-corrected chi connectivity index (χ0v) is 17.5. The molecule has 6 heteroatoms. The summed E-state index contributed by atoms with van der Waals surface area (Å²) in [4.78, 5) is 15.2. The van der Waals surface area contributed by atoms with Crippen molar-refractivity contribution in [2.45, 2.75) is 52.6 Å². The van der Waals surface area contributed by atoms with Gasteiger partial charge in [-0.05, 0) is 47.8 Å². The van der Waals surface area contributed by atoms with Gasteiger partial charge in [-0.1, -0.05) is 56.1 Å². The Labute approximate surface area is 170 Å². The SMILES string of the molecule is CC1(C)CC2CC(C)(CN2c2cnn(Cc3ccc(Cl)cc3)c(=O)c2Cl)C1. The fourth-order valence-electron chi connectivity index (χ4n) is 5.27. The Morgan fingerprint density at radius 3 is 2.56 bits per heavy atom. The molecule has 1 aromatic heterocycles. The standard InChI is InChI=1S/C21H25Cl2N3O/c1-20(2)8-16-9-21(3,12-20)13-25(16)17-10-24-26(19(27)18(17)23)11-14-4-6-15(22)7-5-14/h4-7,10,16H,8-9,11-13H2,1-3H3. The number of rotatable bonds is 3. The predicted molar refractivity (Wildman–Crippen MR) is 111 cm³/mol. The number of hydrogen-bond acceptors (Lipinski definition) is 3. The number of aromatic nitrogens is 2. The Kier molecular flexibility index (Phi) is 4.55. The highest BCUT2D eigenvalue weighted by molar-refractivity contribution is 6.33. The summed E-state index contributed by atoms with van der Waals surface area (Å²) in [5, 5.41) is 5.36. The Bertz CT molecular complexity index is 922. The first-order chi connectivity index (χ1) is 12.7. The molecule has 2 aliphatic rings. The van der Waals surface area contributed by atoms with E-state index in [1.165, 1.54) is 11.1 Å². The van der Waals surface area contributed by atoms with E-state index in [1.807, 2.05) is 24.3 Å². The van der Waals surface area contributed by atoms with Crippen molar-refractivity contribution in [3.8, 4) is 0 Å². The molecule has 1 aliphatic carbocycles. The molecule has 144 valence electrons. The highest BCUT2D eigenvalue weighted by Gasteiger charge is 2.50. The lowest BCUT2D eigenvalue weighted by atomic mass is 9.65. The first-order valence-electron chi connectivity index (χ1n) is 9.43. The summed E-state index contributed by atoms with van der Waals surface area (Å²) in [6.07, 6.45) is 5.23. The van der Waals surface area contributed by atoms with Gasteiger partial charge in [0.15, 0.2) is 0 Å². The molecule has 0 N–H and O–H groups in total. The Balaban J connectivity index is 1.63. The number of fused-ring (bicyclic) bond motifs is 2. The van der Waals surface area contributed by atoms with Crippen molar-refractivity contribution in [2.24, 2.45) is 10.8 Å². The second-order valence-corrected chi connectivity index (χ2v) is 10.1. The van der Waals surface area contributed by atoms with Gasteiger partial charge >= 0.3 is 0 Å². The quantitative estimate of drug-likeness (QED) is 0.720. The van der Waals surface area contributed by atoms with Crippen LogP contribution in [0.15, 0.2) is 35.3 Å². The Hall–Kier alpha value is -1.52. The van der Waals surface area contributed by atoms with E-state index in [0.717, 1.165) is 30.6 Å². The van der Waals surface area contributed by atoms with Gasteiger partial charge in [0, 0.05) is 17.6 Å². The summed E-state index contributed by atoms with van der Waals surface area (Å²) in [6, 6.07) is 7.83. The third kappa shape index (κ3) is 3.62. The highest BCUT2D eigenvalue weighted by Crippen LogP contribution is 2.53. The van der Waals surface area contributed by atoms with Crippen LogP contribution in [0.5, 0.6) is 0 Å². The lowest BCUT2D eigenvalue weighted by Crippen LogP contribution is -2.36. The van der Waals surface area contributed by atoms with Crippen LogP contribution in [0, 0.1) is 10.8 Å². The fraction of sp³-hybridized carbons (Fsp3) is 0.524. The van der Waals surface area contributed by atoms with E-state index in [4.69, 9.17) is 23.2 Å². The molecule has 0 amide bonds. The minimum absolute atomic E-state index is 0.241. The van der Waals surface area contributed by atoms with Gasteiger partial charge in [0.05, 0.1) is 18.4 Å². The van der Waals surface area contributed by atoms with Crippen LogP contribution in [0.3, 0.4) is 0 Å². The van der Waals surface area contributed by atoms with Crippen molar-refractivity contribution in [2.75, 3.05) is 11.4 Å². The van der Waals surface area contributed by atoms with Crippen LogP contribution in [-0.4, -0.2) is 22.4 Å². The molecule has 1 saturated carbocycles. The van der Waals surface area contributed by atoms with Gasteiger partial charge < -0.3 is 4.90 Å². The summed E-state index contributed by atoms with van der Waals surface area (Å²) in [5.74, 6) is 0. The molecule has 1 aliphatic heterocycles. The molecule has 0 spiro atoms. The van der Waals surface area contributed by atoms with E-state index >= 15 is 0 Å². The zero-order chi connectivity index (χ0) is 19.4. The van der Waals surface area contributed by atoms with E-state index < -0.39 is 0 Å². The molecular formula is C21H25Cl2N3O. The molecular weight excluding hydrogens is 381 g/mol. The van der Waals surface area contributed by atoms with Crippen LogP contribution in [0.2, 0.25) is 10.0 Å². The largest absolute Gasteiger partial charge is 0.365 e. The second kappa shape index (κ2) is 6.52. The predicted octanol–water partition coefficient (Wildman–Crippen LogP) is 5.00. The molecule has 1 aromatic carbocycles. The minimum Gasteiger partial charge on any atom is -0.365 e. The van der Waals surface area contributed by atoms with Crippen LogP contribution in [0.4, 0.5) is 5.69 Å². The number of hydrogen-bond donors (Lipinski definition) is 0. The van der Waals surface area contributed by atoms with Crippen LogP contribution in [0.1, 0.15) is 45.6 Å². The zero-order valence-electron chi connectivity index (χ0n) is 16.0.